The normalized spacial score (nSPS) is 14.3. The van der Waals surface area contributed by atoms with Crippen LogP contribution in [0, 0.1) is 5.82 Å². The second kappa shape index (κ2) is 7.97. The summed E-state index contributed by atoms with van der Waals surface area (Å²) in [7, 11) is 0. The molecular formula is C22H16FNO4S. The molecule has 0 radical (unpaired) electrons. The van der Waals surface area contributed by atoms with Crippen molar-refractivity contribution >= 4 is 29.3 Å². The summed E-state index contributed by atoms with van der Waals surface area (Å²) in [5.41, 5.74) is 2.05. The van der Waals surface area contributed by atoms with Crippen molar-refractivity contribution in [2.45, 2.75) is 5.25 Å². The predicted molar refractivity (Wildman–Crippen MR) is 109 cm³/mol. The largest absolute Gasteiger partial charge is 0.478 e. The first-order chi connectivity index (χ1) is 14.0. The van der Waals surface area contributed by atoms with Crippen molar-refractivity contribution in [3.63, 3.8) is 0 Å². The number of amides is 1. The minimum atomic E-state index is -1.06. The maximum absolute atomic E-state index is 13.8. The number of benzene rings is 3. The van der Waals surface area contributed by atoms with Crippen molar-refractivity contribution < 1.29 is 23.8 Å². The lowest BCUT2D eigenvalue weighted by molar-refractivity contribution is -0.113. The fraction of sp³-hybridized carbons (Fsp3) is 0.0909. The molecule has 1 atom stereocenters. The second-order valence-corrected chi connectivity index (χ2v) is 7.54. The lowest BCUT2D eigenvalue weighted by Crippen LogP contribution is -2.17. The van der Waals surface area contributed by atoms with Gasteiger partial charge in [0.1, 0.15) is 17.3 Å². The number of fused-ring (bicyclic) bond motifs is 2. The van der Waals surface area contributed by atoms with Gasteiger partial charge in [0, 0.05) is 16.8 Å². The van der Waals surface area contributed by atoms with Gasteiger partial charge in [0.15, 0.2) is 0 Å². The Morgan fingerprint density at radius 1 is 1.00 bits per heavy atom. The zero-order chi connectivity index (χ0) is 20.4. The third kappa shape index (κ3) is 4.09. The summed E-state index contributed by atoms with van der Waals surface area (Å²) in [6.45, 7) is 0. The molecule has 0 bridgehead atoms. The highest BCUT2D eigenvalue weighted by molar-refractivity contribution is 8.00. The average molecular weight is 409 g/mol. The summed E-state index contributed by atoms with van der Waals surface area (Å²) in [4.78, 5) is 23.5. The first-order valence-corrected chi connectivity index (χ1v) is 9.87. The zero-order valence-corrected chi connectivity index (χ0v) is 15.9. The van der Waals surface area contributed by atoms with Crippen LogP contribution < -0.4 is 10.1 Å². The van der Waals surface area contributed by atoms with E-state index >= 15 is 0 Å². The van der Waals surface area contributed by atoms with Gasteiger partial charge in [-0.15, -0.1) is 11.8 Å². The minimum absolute atomic E-state index is 0.0956. The molecule has 146 valence electrons. The Balaban J connectivity index is 1.52. The number of rotatable bonds is 5. The van der Waals surface area contributed by atoms with Crippen LogP contribution in [0.4, 0.5) is 10.1 Å². The molecule has 29 heavy (non-hydrogen) atoms. The number of thioether (sulfide) groups is 1. The number of halogens is 1. The summed E-state index contributed by atoms with van der Waals surface area (Å²) in [5.74, 6) is -0.359. The predicted octanol–water partition coefficient (Wildman–Crippen LogP) is 5.09. The van der Waals surface area contributed by atoms with Gasteiger partial charge in [-0.2, -0.15) is 0 Å². The molecule has 2 N–H and O–H groups in total. The van der Waals surface area contributed by atoms with Gasteiger partial charge in [-0.05, 0) is 42.5 Å². The van der Waals surface area contributed by atoms with E-state index in [0.717, 1.165) is 5.56 Å². The average Bonchev–Trinajstić information content (AvgIpc) is 2.71. The van der Waals surface area contributed by atoms with Crippen molar-refractivity contribution in [3.05, 3.63) is 89.2 Å². The lowest BCUT2D eigenvalue weighted by atomic mass is 10.00. The Labute approximate surface area is 170 Å². The number of carbonyl (C=O) groups excluding carboxylic acids is 1. The van der Waals surface area contributed by atoms with Gasteiger partial charge >= 0.3 is 5.97 Å². The number of carboxylic acid groups (broad SMARTS) is 1. The Morgan fingerprint density at radius 2 is 1.79 bits per heavy atom. The summed E-state index contributed by atoms with van der Waals surface area (Å²) in [6.07, 6.45) is 0. The van der Waals surface area contributed by atoms with Crippen LogP contribution in [-0.4, -0.2) is 22.7 Å². The molecule has 5 nitrogen and oxygen atoms in total. The molecule has 1 aliphatic heterocycles. The SMILES string of the molecule is O=C(CS[C@@H]1c2ccccc2Oc2ccc(F)cc21)Nc1cccc(C(=O)O)c1. The molecule has 4 rings (SSSR count). The Bertz CT molecular complexity index is 1100. The van der Waals surface area contributed by atoms with Gasteiger partial charge < -0.3 is 15.2 Å². The topological polar surface area (TPSA) is 75.6 Å². The quantitative estimate of drug-likeness (QED) is 0.614. The van der Waals surface area contributed by atoms with E-state index in [2.05, 4.69) is 5.32 Å². The third-order valence-electron chi connectivity index (χ3n) is 4.45. The van der Waals surface area contributed by atoms with E-state index in [1.54, 1.807) is 18.2 Å². The van der Waals surface area contributed by atoms with E-state index in [1.807, 2.05) is 24.3 Å². The Hall–Kier alpha value is -3.32. The van der Waals surface area contributed by atoms with Crippen molar-refractivity contribution in [1.82, 2.24) is 0 Å². The number of carboxylic acids is 1. The number of para-hydroxylation sites is 1. The summed E-state index contributed by atoms with van der Waals surface area (Å²) in [5, 5.41) is 11.5. The van der Waals surface area contributed by atoms with E-state index < -0.39 is 5.97 Å². The Morgan fingerprint density at radius 3 is 2.62 bits per heavy atom. The molecule has 0 aromatic heterocycles. The fourth-order valence-corrected chi connectivity index (χ4v) is 4.29. The standard InChI is InChI=1S/C22H16FNO4S/c23-14-8-9-19-17(11-14)21(16-6-1-2-7-18(16)28-19)29-12-20(25)24-15-5-3-4-13(10-15)22(26)27/h1-11,21H,12H2,(H,24,25)(H,26,27)/t21-/m1/s1. The highest BCUT2D eigenvalue weighted by Crippen LogP contribution is 2.49. The Kier molecular flexibility index (Phi) is 5.22. The molecule has 7 heteroatoms. The smallest absolute Gasteiger partial charge is 0.335 e. The van der Waals surface area contributed by atoms with E-state index in [4.69, 9.17) is 9.84 Å². The monoisotopic (exact) mass is 409 g/mol. The molecule has 0 fully saturated rings. The molecule has 0 saturated heterocycles. The van der Waals surface area contributed by atoms with Crippen molar-refractivity contribution in [1.29, 1.82) is 0 Å². The number of carbonyl (C=O) groups is 2. The van der Waals surface area contributed by atoms with Gasteiger partial charge in [-0.3, -0.25) is 4.79 Å². The van der Waals surface area contributed by atoms with Gasteiger partial charge in [-0.25, -0.2) is 9.18 Å². The molecule has 3 aromatic carbocycles. The van der Waals surface area contributed by atoms with E-state index in [1.165, 1.54) is 36.0 Å². The maximum atomic E-state index is 13.8. The van der Waals surface area contributed by atoms with E-state index in [0.29, 0.717) is 22.7 Å². The van der Waals surface area contributed by atoms with Gasteiger partial charge in [0.05, 0.1) is 16.6 Å². The number of anilines is 1. The first-order valence-electron chi connectivity index (χ1n) is 8.82. The molecule has 3 aromatic rings. The van der Waals surface area contributed by atoms with Crippen LogP contribution in [-0.2, 0) is 4.79 Å². The van der Waals surface area contributed by atoms with Crippen LogP contribution in [0.3, 0.4) is 0 Å². The van der Waals surface area contributed by atoms with E-state index in [-0.39, 0.29) is 28.3 Å². The van der Waals surface area contributed by atoms with Crippen LogP contribution in [0.1, 0.15) is 26.7 Å². The van der Waals surface area contributed by atoms with Crippen LogP contribution >= 0.6 is 11.8 Å². The maximum Gasteiger partial charge on any atom is 0.335 e. The minimum Gasteiger partial charge on any atom is -0.478 e. The molecule has 0 spiro atoms. The van der Waals surface area contributed by atoms with Gasteiger partial charge in [0.25, 0.3) is 0 Å². The van der Waals surface area contributed by atoms with Crippen molar-refractivity contribution in [2.24, 2.45) is 0 Å². The van der Waals surface area contributed by atoms with Crippen LogP contribution in [0.25, 0.3) is 0 Å². The molecule has 1 amide bonds. The van der Waals surface area contributed by atoms with Gasteiger partial charge in [-0.1, -0.05) is 24.3 Å². The number of nitrogens with one attached hydrogen (secondary N) is 1. The van der Waals surface area contributed by atoms with Crippen molar-refractivity contribution in [2.75, 3.05) is 11.1 Å². The van der Waals surface area contributed by atoms with E-state index in [9.17, 15) is 14.0 Å². The number of hydrogen-bond donors (Lipinski definition) is 2. The third-order valence-corrected chi connectivity index (χ3v) is 5.72. The summed E-state index contributed by atoms with van der Waals surface area (Å²) >= 11 is 1.35. The number of aromatic carboxylic acids is 1. The molecule has 0 saturated carbocycles. The summed E-state index contributed by atoms with van der Waals surface area (Å²) < 4.78 is 19.7. The molecule has 0 unspecified atom stereocenters. The highest BCUT2D eigenvalue weighted by Gasteiger charge is 2.28. The van der Waals surface area contributed by atoms with Crippen LogP contribution in [0.5, 0.6) is 11.5 Å². The molecule has 0 aliphatic carbocycles. The van der Waals surface area contributed by atoms with Crippen LogP contribution in [0.2, 0.25) is 0 Å². The zero-order valence-electron chi connectivity index (χ0n) is 15.1. The number of ether oxygens (including phenoxy) is 1. The number of hydrogen-bond acceptors (Lipinski definition) is 4. The van der Waals surface area contributed by atoms with Crippen LogP contribution in [0.15, 0.2) is 66.7 Å². The molecular weight excluding hydrogens is 393 g/mol. The van der Waals surface area contributed by atoms with Gasteiger partial charge in [0.2, 0.25) is 5.91 Å². The molecule has 1 aliphatic rings. The summed E-state index contributed by atoms with van der Waals surface area (Å²) in [6, 6.07) is 17.9. The fourth-order valence-electron chi connectivity index (χ4n) is 3.16. The lowest BCUT2D eigenvalue weighted by Gasteiger charge is -2.27. The highest BCUT2D eigenvalue weighted by atomic mass is 32.2. The second-order valence-electron chi connectivity index (χ2n) is 6.45. The first kappa shape index (κ1) is 19.0. The van der Waals surface area contributed by atoms with Crippen molar-refractivity contribution in [3.8, 4) is 11.5 Å². The molecule has 1 heterocycles.